The molecule has 1 aromatic rings. The van der Waals surface area contributed by atoms with Crippen molar-refractivity contribution in [3.63, 3.8) is 0 Å². The van der Waals surface area contributed by atoms with Crippen LogP contribution in [0.25, 0.3) is 0 Å². The van der Waals surface area contributed by atoms with E-state index in [1.54, 1.807) is 0 Å². The second-order valence-electron chi connectivity index (χ2n) is 3.27. The summed E-state index contributed by atoms with van der Waals surface area (Å²) < 4.78 is 0. The SMILES string of the molecule is NC(=O)c1nc(C2CC2)nc(N)c1Cl. The molecule has 1 aromatic heterocycles. The highest BCUT2D eigenvalue weighted by molar-refractivity contribution is 6.35. The first-order chi connectivity index (χ1) is 6.59. The van der Waals surface area contributed by atoms with Crippen molar-refractivity contribution in [3.05, 3.63) is 16.5 Å². The maximum atomic E-state index is 11.0. The Hall–Kier alpha value is -1.36. The summed E-state index contributed by atoms with van der Waals surface area (Å²) in [6, 6.07) is 0. The first-order valence-corrected chi connectivity index (χ1v) is 4.60. The van der Waals surface area contributed by atoms with Crippen LogP contribution in [0.2, 0.25) is 5.02 Å². The maximum Gasteiger partial charge on any atom is 0.269 e. The lowest BCUT2D eigenvalue weighted by Crippen LogP contribution is -2.16. The number of anilines is 1. The molecule has 0 spiro atoms. The van der Waals surface area contributed by atoms with Crippen LogP contribution in [0, 0.1) is 0 Å². The number of nitrogens with two attached hydrogens (primary N) is 2. The van der Waals surface area contributed by atoms with E-state index in [-0.39, 0.29) is 16.5 Å². The molecule has 0 unspecified atom stereocenters. The molecule has 0 atom stereocenters. The zero-order valence-electron chi connectivity index (χ0n) is 7.33. The lowest BCUT2D eigenvalue weighted by atomic mass is 10.3. The van der Waals surface area contributed by atoms with Crippen molar-refractivity contribution in [1.29, 1.82) is 0 Å². The number of nitrogen functional groups attached to an aromatic ring is 1. The smallest absolute Gasteiger partial charge is 0.269 e. The van der Waals surface area contributed by atoms with Crippen LogP contribution in [0.5, 0.6) is 0 Å². The van der Waals surface area contributed by atoms with Gasteiger partial charge in [-0.05, 0) is 12.8 Å². The molecule has 1 amide bonds. The number of nitrogens with zero attached hydrogens (tertiary/aromatic N) is 2. The summed E-state index contributed by atoms with van der Waals surface area (Å²) in [7, 11) is 0. The first kappa shape index (κ1) is 9.21. The van der Waals surface area contributed by atoms with Crippen molar-refractivity contribution in [2.24, 2.45) is 5.73 Å². The van der Waals surface area contributed by atoms with Gasteiger partial charge in [0.25, 0.3) is 5.91 Å². The normalized spacial score (nSPS) is 15.5. The molecule has 0 bridgehead atoms. The zero-order chi connectivity index (χ0) is 10.3. The number of amides is 1. The van der Waals surface area contributed by atoms with Gasteiger partial charge in [-0.25, -0.2) is 9.97 Å². The minimum Gasteiger partial charge on any atom is -0.382 e. The molecule has 74 valence electrons. The molecular weight excluding hydrogens is 204 g/mol. The molecule has 0 aliphatic heterocycles. The van der Waals surface area contributed by atoms with Gasteiger partial charge in [-0.3, -0.25) is 4.79 Å². The maximum absolute atomic E-state index is 11.0. The number of hydrogen-bond donors (Lipinski definition) is 2. The van der Waals surface area contributed by atoms with Gasteiger partial charge in [0.05, 0.1) is 0 Å². The second-order valence-corrected chi connectivity index (χ2v) is 3.65. The summed E-state index contributed by atoms with van der Waals surface area (Å²) in [4.78, 5) is 19.0. The summed E-state index contributed by atoms with van der Waals surface area (Å²) in [5.41, 5.74) is 10.7. The molecule has 1 aliphatic carbocycles. The molecule has 6 heteroatoms. The van der Waals surface area contributed by atoms with Crippen molar-refractivity contribution in [2.45, 2.75) is 18.8 Å². The lowest BCUT2D eigenvalue weighted by Gasteiger charge is -2.04. The fraction of sp³-hybridized carbons (Fsp3) is 0.375. The molecule has 1 aliphatic rings. The molecule has 4 N–H and O–H groups in total. The second kappa shape index (κ2) is 3.09. The van der Waals surface area contributed by atoms with Gasteiger partial charge >= 0.3 is 0 Å². The van der Waals surface area contributed by atoms with Crippen molar-refractivity contribution < 1.29 is 4.79 Å². The Kier molecular flexibility index (Phi) is 2.03. The molecule has 1 fully saturated rings. The highest BCUT2D eigenvalue weighted by atomic mass is 35.5. The number of carbonyl (C=O) groups excluding carboxylic acids is 1. The van der Waals surface area contributed by atoms with E-state index in [0.29, 0.717) is 11.7 Å². The average Bonchev–Trinajstić information content (AvgIpc) is 2.91. The van der Waals surface area contributed by atoms with Crippen LogP contribution >= 0.6 is 11.6 Å². The lowest BCUT2D eigenvalue weighted by molar-refractivity contribution is 0.0995. The Morgan fingerprint density at radius 1 is 1.43 bits per heavy atom. The van der Waals surface area contributed by atoms with E-state index in [1.807, 2.05) is 0 Å². The summed E-state index contributed by atoms with van der Waals surface area (Å²) in [5, 5.41) is 0.0434. The van der Waals surface area contributed by atoms with E-state index >= 15 is 0 Å². The summed E-state index contributed by atoms with van der Waals surface area (Å²) in [6.45, 7) is 0. The van der Waals surface area contributed by atoms with Gasteiger partial charge in [0, 0.05) is 5.92 Å². The number of hydrogen-bond acceptors (Lipinski definition) is 4. The third-order valence-electron chi connectivity index (χ3n) is 2.07. The standard InChI is InChI=1S/C8H9ClN4O/c9-4-5(7(11)14)12-8(3-1-2-3)13-6(4)10/h3H,1-2H2,(H2,11,14)(H2,10,12,13). The van der Waals surface area contributed by atoms with E-state index < -0.39 is 5.91 Å². The van der Waals surface area contributed by atoms with Crippen LogP contribution in [0.1, 0.15) is 35.1 Å². The van der Waals surface area contributed by atoms with Gasteiger partial charge in [-0.1, -0.05) is 11.6 Å². The molecule has 1 saturated carbocycles. The Morgan fingerprint density at radius 3 is 2.57 bits per heavy atom. The Labute approximate surface area is 85.5 Å². The number of rotatable bonds is 2. The average molecular weight is 213 g/mol. The van der Waals surface area contributed by atoms with Crippen molar-refractivity contribution in [3.8, 4) is 0 Å². The van der Waals surface area contributed by atoms with Crippen LogP contribution in [0.15, 0.2) is 0 Å². The number of primary amides is 1. The van der Waals surface area contributed by atoms with E-state index in [1.165, 1.54) is 0 Å². The Morgan fingerprint density at radius 2 is 2.07 bits per heavy atom. The van der Waals surface area contributed by atoms with Crippen molar-refractivity contribution >= 4 is 23.3 Å². The molecule has 0 saturated heterocycles. The van der Waals surface area contributed by atoms with E-state index in [2.05, 4.69) is 9.97 Å². The molecule has 14 heavy (non-hydrogen) atoms. The van der Waals surface area contributed by atoms with Crippen LogP contribution < -0.4 is 11.5 Å². The molecule has 0 aromatic carbocycles. The zero-order valence-corrected chi connectivity index (χ0v) is 8.08. The first-order valence-electron chi connectivity index (χ1n) is 4.22. The largest absolute Gasteiger partial charge is 0.382 e. The Balaban J connectivity index is 2.51. The van der Waals surface area contributed by atoms with E-state index in [4.69, 9.17) is 23.1 Å². The topological polar surface area (TPSA) is 94.9 Å². The van der Waals surface area contributed by atoms with Crippen LogP contribution in [0.3, 0.4) is 0 Å². The monoisotopic (exact) mass is 212 g/mol. The quantitative estimate of drug-likeness (QED) is 0.754. The number of halogens is 1. The predicted molar refractivity (Wildman–Crippen MR) is 51.9 cm³/mol. The van der Waals surface area contributed by atoms with Gasteiger partial charge in [-0.15, -0.1) is 0 Å². The van der Waals surface area contributed by atoms with Crippen LogP contribution in [-0.2, 0) is 0 Å². The highest BCUT2D eigenvalue weighted by Crippen LogP contribution is 2.39. The molecular formula is C8H9ClN4O. The van der Waals surface area contributed by atoms with Gasteiger partial charge in [0.15, 0.2) is 5.69 Å². The van der Waals surface area contributed by atoms with Crippen molar-refractivity contribution in [2.75, 3.05) is 5.73 Å². The molecule has 5 nitrogen and oxygen atoms in total. The third kappa shape index (κ3) is 1.50. The molecule has 1 heterocycles. The highest BCUT2D eigenvalue weighted by Gasteiger charge is 2.28. The number of aromatic nitrogens is 2. The van der Waals surface area contributed by atoms with E-state index in [0.717, 1.165) is 12.8 Å². The number of carbonyl (C=O) groups is 1. The fourth-order valence-corrected chi connectivity index (χ4v) is 1.35. The summed E-state index contributed by atoms with van der Waals surface area (Å²) in [5.74, 6) is 0.330. The van der Waals surface area contributed by atoms with Gasteiger partial charge in [0.2, 0.25) is 0 Å². The Bertz CT molecular complexity index is 403. The van der Waals surface area contributed by atoms with E-state index in [9.17, 15) is 4.79 Å². The minimum atomic E-state index is -0.675. The predicted octanol–water partition coefficient (Wildman–Crippen LogP) is 0.689. The summed E-state index contributed by atoms with van der Waals surface area (Å²) in [6.07, 6.45) is 2.05. The fourth-order valence-electron chi connectivity index (χ4n) is 1.17. The molecule has 2 rings (SSSR count). The molecule has 0 radical (unpaired) electrons. The minimum absolute atomic E-state index is 0.0149. The third-order valence-corrected chi connectivity index (χ3v) is 2.44. The van der Waals surface area contributed by atoms with Crippen LogP contribution in [0.4, 0.5) is 5.82 Å². The van der Waals surface area contributed by atoms with Gasteiger partial charge in [-0.2, -0.15) is 0 Å². The van der Waals surface area contributed by atoms with Gasteiger partial charge in [0.1, 0.15) is 16.7 Å². The van der Waals surface area contributed by atoms with Gasteiger partial charge < -0.3 is 11.5 Å². The van der Waals surface area contributed by atoms with Crippen molar-refractivity contribution in [1.82, 2.24) is 9.97 Å². The summed E-state index contributed by atoms with van der Waals surface area (Å²) >= 11 is 5.73. The van der Waals surface area contributed by atoms with Crippen LogP contribution in [-0.4, -0.2) is 15.9 Å².